The number of thiazole rings is 1. The first kappa shape index (κ1) is 13.6. The molecule has 0 saturated carbocycles. The van der Waals surface area contributed by atoms with Crippen LogP contribution in [0.2, 0.25) is 0 Å². The molecule has 1 N–H and O–H groups in total. The Morgan fingerprint density at radius 2 is 2.12 bits per heavy atom. The van der Waals surface area contributed by atoms with E-state index in [9.17, 15) is 9.59 Å². The Labute approximate surface area is 104 Å². The minimum Gasteiger partial charge on any atom is -0.459 e. The van der Waals surface area contributed by atoms with E-state index in [0.29, 0.717) is 5.69 Å². The molecule has 1 amide bonds. The SMILES string of the molecule is Cc1nc(C(=O)NCC(=O)OC(C)(C)C)cs1. The molecule has 0 radical (unpaired) electrons. The molecule has 94 valence electrons. The normalized spacial score (nSPS) is 11.1. The molecule has 1 aromatic rings. The van der Waals surface area contributed by atoms with Crippen LogP contribution in [0.4, 0.5) is 0 Å². The number of aromatic nitrogens is 1. The van der Waals surface area contributed by atoms with Crippen molar-refractivity contribution >= 4 is 23.2 Å². The molecule has 0 atom stereocenters. The number of hydrogen-bond acceptors (Lipinski definition) is 5. The maximum absolute atomic E-state index is 11.6. The largest absolute Gasteiger partial charge is 0.459 e. The third-order valence-corrected chi connectivity index (χ3v) is 2.44. The van der Waals surface area contributed by atoms with Crippen molar-refractivity contribution in [2.75, 3.05) is 6.54 Å². The first-order valence-electron chi connectivity index (χ1n) is 5.20. The Hall–Kier alpha value is -1.43. The number of hydrogen-bond donors (Lipinski definition) is 1. The van der Waals surface area contributed by atoms with Crippen molar-refractivity contribution in [1.82, 2.24) is 10.3 Å². The minimum absolute atomic E-state index is 0.146. The van der Waals surface area contributed by atoms with Gasteiger partial charge in [-0.15, -0.1) is 11.3 Å². The average Bonchev–Trinajstić information content (AvgIpc) is 2.58. The predicted octanol–water partition coefficient (Wildman–Crippen LogP) is 1.52. The van der Waals surface area contributed by atoms with Gasteiger partial charge in [-0.25, -0.2) is 4.98 Å². The van der Waals surface area contributed by atoms with E-state index in [-0.39, 0.29) is 12.5 Å². The van der Waals surface area contributed by atoms with Gasteiger partial charge in [-0.3, -0.25) is 9.59 Å². The van der Waals surface area contributed by atoms with E-state index in [4.69, 9.17) is 4.74 Å². The Kier molecular flexibility index (Phi) is 4.22. The van der Waals surface area contributed by atoms with Crippen molar-refractivity contribution in [3.63, 3.8) is 0 Å². The van der Waals surface area contributed by atoms with E-state index in [1.54, 1.807) is 26.2 Å². The first-order valence-corrected chi connectivity index (χ1v) is 6.08. The second-order valence-corrected chi connectivity index (χ2v) is 5.58. The van der Waals surface area contributed by atoms with Crippen molar-refractivity contribution in [3.05, 3.63) is 16.1 Å². The summed E-state index contributed by atoms with van der Waals surface area (Å²) in [5, 5.41) is 4.93. The molecule has 0 spiro atoms. The quantitative estimate of drug-likeness (QED) is 0.833. The van der Waals surface area contributed by atoms with E-state index < -0.39 is 11.6 Å². The summed E-state index contributed by atoms with van der Waals surface area (Å²) in [6.07, 6.45) is 0. The summed E-state index contributed by atoms with van der Waals surface area (Å²) in [4.78, 5) is 26.9. The highest BCUT2D eigenvalue weighted by atomic mass is 32.1. The van der Waals surface area contributed by atoms with Gasteiger partial charge in [-0.1, -0.05) is 0 Å². The summed E-state index contributed by atoms with van der Waals surface area (Å²) < 4.78 is 5.06. The van der Waals surface area contributed by atoms with Crippen molar-refractivity contribution in [2.45, 2.75) is 33.3 Å². The van der Waals surface area contributed by atoms with Gasteiger partial charge in [-0.05, 0) is 27.7 Å². The summed E-state index contributed by atoms with van der Waals surface area (Å²) in [6.45, 7) is 6.99. The van der Waals surface area contributed by atoms with Crippen LogP contribution in [0.3, 0.4) is 0 Å². The van der Waals surface area contributed by atoms with E-state index in [2.05, 4.69) is 10.3 Å². The monoisotopic (exact) mass is 256 g/mol. The number of carbonyl (C=O) groups excluding carboxylic acids is 2. The van der Waals surface area contributed by atoms with Crippen LogP contribution in [-0.4, -0.2) is 29.0 Å². The highest BCUT2D eigenvalue weighted by molar-refractivity contribution is 7.09. The fraction of sp³-hybridized carbons (Fsp3) is 0.545. The lowest BCUT2D eigenvalue weighted by Gasteiger charge is -2.19. The molecule has 0 bridgehead atoms. The zero-order valence-corrected chi connectivity index (χ0v) is 11.2. The first-order chi connectivity index (χ1) is 7.78. The summed E-state index contributed by atoms with van der Waals surface area (Å²) in [5.74, 6) is -0.821. The number of carbonyl (C=O) groups is 2. The molecule has 1 aromatic heterocycles. The smallest absolute Gasteiger partial charge is 0.325 e. The molecule has 6 heteroatoms. The van der Waals surface area contributed by atoms with E-state index in [1.165, 1.54) is 11.3 Å². The van der Waals surface area contributed by atoms with Crippen LogP contribution in [0.1, 0.15) is 36.3 Å². The second kappa shape index (κ2) is 5.27. The third-order valence-electron chi connectivity index (χ3n) is 1.66. The Balaban J connectivity index is 2.41. The molecule has 1 rings (SSSR count). The fourth-order valence-electron chi connectivity index (χ4n) is 1.09. The van der Waals surface area contributed by atoms with Gasteiger partial charge in [0.25, 0.3) is 5.91 Å². The lowest BCUT2D eigenvalue weighted by molar-refractivity contribution is -0.153. The van der Waals surface area contributed by atoms with Gasteiger partial charge in [-0.2, -0.15) is 0 Å². The van der Waals surface area contributed by atoms with Crippen LogP contribution >= 0.6 is 11.3 Å². The highest BCUT2D eigenvalue weighted by Gasteiger charge is 2.17. The van der Waals surface area contributed by atoms with Crippen LogP contribution < -0.4 is 5.32 Å². The number of rotatable bonds is 3. The van der Waals surface area contributed by atoms with Crippen LogP contribution in [-0.2, 0) is 9.53 Å². The van der Waals surface area contributed by atoms with Crippen LogP contribution in [0.5, 0.6) is 0 Å². The van der Waals surface area contributed by atoms with Crippen molar-refractivity contribution in [3.8, 4) is 0 Å². The number of nitrogens with zero attached hydrogens (tertiary/aromatic N) is 1. The lowest BCUT2D eigenvalue weighted by atomic mass is 10.2. The van der Waals surface area contributed by atoms with Gasteiger partial charge in [0.05, 0.1) is 5.01 Å². The standard InChI is InChI=1S/C11H16N2O3S/c1-7-13-8(6-17-7)10(15)12-5-9(14)16-11(2,3)4/h6H,5H2,1-4H3,(H,12,15). The molecule has 0 aliphatic rings. The van der Waals surface area contributed by atoms with E-state index in [1.807, 2.05) is 6.92 Å². The topological polar surface area (TPSA) is 68.3 Å². The summed E-state index contributed by atoms with van der Waals surface area (Å²) in [7, 11) is 0. The lowest BCUT2D eigenvalue weighted by Crippen LogP contribution is -2.34. The van der Waals surface area contributed by atoms with Crippen LogP contribution in [0.15, 0.2) is 5.38 Å². The molecular formula is C11H16N2O3S. The Bertz CT molecular complexity index is 421. The van der Waals surface area contributed by atoms with Gasteiger partial charge in [0.1, 0.15) is 17.8 Å². The maximum atomic E-state index is 11.6. The average molecular weight is 256 g/mol. The van der Waals surface area contributed by atoms with Crippen molar-refractivity contribution < 1.29 is 14.3 Å². The van der Waals surface area contributed by atoms with Crippen LogP contribution in [0, 0.1) is 6.92 Å². The highest BCUT2D eigenvalue weighted by Crippen LogP contribution is 2.08. The maximum Gasteiger partial charge on any atom is 0.325 e. The van der Waals surface area contributed by atoms with Gasteiger partial charge in [0.2, 0.25) is 0 Å². The van der Waals surface area contributed by atoms with E-state index in [0.717, 1.165) is 5.01 Å². The fourth-order valence-corrected chi connectivity index (χ4v) is 1.68. The molecule has 17 heavy (non-hydrogen) atoms. The number of esters is 1. The predicted molar refractivity (Wildman–Crippen MR) is 65.0 cm³/mol. The van der Waals surface area contributed by atoms with Gasteiger partial charge in [0.15, 0.2) is 0 Å². The molecule has 5 nitrogen and oxygen atoms in total. The second-order valence-electron chi connectivity index (χ2n) is 4.52. The minimum atomic E-state index is -0.543. The van der Waals surface area contributed by atoms with Gasteiger partial charge in [0, 0.05) is 5.38 Å². The zero-order chi connectivity index (χ0) is 13.1. The van der Waals surface area contributed by atoms with E-state index >= 15 is 0 Å². The molecule has 0 aromatic carbocycles. The zero-order valence-electron chi connectivity index (χ0n) is 10.4. The molecule has 0 fully saturated rings. The third kappa shape index (κ3) is 4.95. The van der Waals surface area contributed by atoms with Gasteiger partial charge >= 0.3 is 5.97 Å². The summed E-state index contributed by atoms with van der Waals surface area (Å²) >= 11 is 1.39. The molecule has 0 saturated heterocycles. The Morgan fingerprint density at radius 3 is 2.59 bits per heavy atom. The van der Waals surface area contributed by atoms with Gasteiger partial charge < -0.3 is 10.1 Å². The summed E-state index contributed by atoms with van der Waals surface area (Å²) in [5.41, 5.74) is -0.213. The van der Waals surface area contributed by atoms with Crippen molar-refractivity contribution in [1.29, 1.82) is 0 Å². The molecule has 1 heterocycles. The molecule has 0 aliphatic heterocycles. The molecule has 0 unspecified atom stereocenters. The molecular weight excluding hydrogens is 240 g/mol. The number of aryl methyl sites for hydroxylation is 1. The number of amides is 1. The van der Waals surface area contributed by atoms with Crippen molar-refractivity contribution in [2.24, 2.45) is 0 Å². The molecule has 0 aliphatic carbocycles. The summed E-state index contributed by atoms with van der Waals surface area (Å²) in [6, 6.07) is 0. The Morgan fingerprint density at radius 1 is 1.47 bits per heavy atom. The number of ether oxygens (including phenoxy) is 1. The number of nitrogens with one attached hydrogen (secondary N) is 1. The van der Waals surface area contributed by atoms with Crippen LogP contribution in [0.25, 0.3) is 0 Å².